The number of fused-ring (bicyclic) bond motifs is 1. The molecule has 1 saturated heterocycles. The lowest BCUT2D eigenvalue weighted by atomic mass is 10.1. The lowest BCUT2D eigenvalue weighted by Gasteiger charge is -2.34. The Morgan fingerprint density at radius 1 is 0.933 bits per heavy atom. The van der Waals surface area contributed by atoms with Crippen LogP contribution in [0.3, 0.4) is 0 Å². The van der Waals surface area contributed by atoms with E-state index < -0.39 is 21.6 Å². The summed E-state index contributed by atoms with van der Waals surface area (Å²) >= 11 is 12.1. The molecule has 4 rings (SSSR count). The third-order valence-electron chi connectivity index (χ3n) is 4.91. The van der Waals surface area contributed by atoms with E-state index >= 15 is 0 Å². The summed E-state index contributed by atoms with van der Waals surface area (Å²) in [6.07, 6.45) is 0. The molecule has 10 heteroatoms. The van der Waals surface area contributed by atoms with Crippen LogP contribution < -0.4 is 5.63 Å². The van der Waals surface area contributed by atoms with E-state index in [-0.39, 0.29) is 46.7 Å². The topological polar surface area (TPSA) is 87.9 Å². The zero-order valence-electron chi connectivity index (χ0n) is 15.5. The van der Waals surface area contributed by atoms with E-state index in [9.17, 15) is 18.0 Å². The van der Waals surface area contributed by atoms with Crippen molar-refractivity contribution in [1.29, 1.82) is 0 Å². The number of benzene rings is 2. The van der Waals surface area contributed by atoms with Crippen LogP contribution in [-0.2, 0) is 10.0 Å². The van der Waals surface area contributed by atoms with E-state index in [0.717, 1.165) is 0 Å². The summed E-state index contributed by atoms with van der Waals surface area (Å²) in [5, 5.41) is 0.708. The van der Waals surface area contributed by atoms with Gasteiger partial charge in [-0.2, -0.15) is 4.31 Å². The van der Waals surface area contributed by atoms with E-state index in [1.807, 2.05) is 0 Å². The van der Waals surface area contributed by atoms with E-state index in [2.05, 4.69) is 0 Å². The summed E-state index contributed by atoms with van der Waals surface area (Å²) in [5.41, 5.74) is -0.415. The molecule has 0 bridgehead atoms. The largest absolute Gasteiger partial charge is 0.422 e. The van der Waals surface area contributed by atoms with Crippen LogP contribution in [0.1, 0.15) is 10.4 Å². The summed E-state index contributed by atoms with van der Waals surface area (Å²) in [4.78, 5) is 26.4. The highest BCUT2D eigenvalue weighted by atomic mass is 35.5. The molecule has 1 aliphatic heterocycles. The monoisotopic (exact) mass is 466 g/mol. The Hall–Kier alpha value is -2.39. The molecule has 0 saturated carbocycles. The van der Waals surface area contributed by atoms with Crippen molar-refractivity contribution < 1.29 is 17.6 Å². The summed E-state index contributed by atoms with van der Waals surface area (Å²) in [5.74, 6) is -0.498. The maximum atomic E-state index is 13.0. The molecule has 0 atom stereocenters. The number of halogens is 2. The minimum Gasteiger partial charge on any atom is -0.422 e. The third kappa shape index (κ3) is 3.72. The Kier molecular flexibility index (Phi) is 5.59. The average molecular weight is 467 g/mol. The van der Waals surface area contributed by atoms with Gasteiger partial charge in [0.1, 0.15) is 16.0 Å². The second kappa shape index (κ2) is 8.03. The summed E-state index contributed by atoms with van der Waals surface area (Å²) in [6.45, 7) is 0.335. The molecule has 7 nitrogen and oxygen atoms in total. The van der Waals surface area contributed by atoms with Crippen molar-refractivity contribution in [2.24, 2.45) is 0 Å². The number of carbonyl (C=O) groups is 1. The molecular formula is C20H16Cl2N2O5S. The molecule has 1 fully saturated rings. The maximum absolute atomic E-state index is 13.0. The van der Waals surface area contributed by atoms with Gasteiger partial charge in [-0.05, 0) is 24.3 Å². The molecular weight excluding hydrogens is 451 g/mol. The fraction of sp³-hybridized carbons (Fsp3) is 0.200. The molecule has 156 valence electrons. The highest BCUT2D eigenvalue weighted by Crippen LogP contribution is 2.32. The Balaban J connectivity index is 1.54. The zero-order valence-corrected chi connectivity index (χ0v) is 17.9. The molecule has 30 heavy (non-hydrogen) atoms. The van der Waals surface area contributed by atoms with Crippen molar-refractivity contribution in [3.8, 4) is 0 Å². The van der Waals surface area contributed by atoms with Gasteiger partial charge in [0.05, 0.1) is 10.0 Å². The van der Waals surface area contributed by atoms with Gasteiger partial charge in [-0.15, -0.1) is 0 Å². The normalized spacial score (nSPS) is 15.5. The van der Waals surface area contributed by atoms with Crippen LogP contribution in [0, 0.1) is 0 Å². The number of hydrogen-bond acceptors (Lipinski definition) is 5. The molecule has 3 aromatic rings. The molecule has 0 spiro atoms. The molecule has 0 radical (unpaired) electrons. The summed E-state index contributed by atoms with van der Waals surface area (Å²) in [7, 11) is -3.92. The van der Waals surface area contributed by atoms with E-state index in [4.69, 9.17) is 27.6 Å². The fourth-order valence-electron chi connectivity index (χ4n) is 3.37. The van der Waals surface area contributed by atoms with Crippen LogP contribution in [0.2, 0.25) is 10.0 Å². The molecule has 1 aliphatic rings. The van der Waals surface area contributed by atoms with Gasteiger partial charge in [-0.3, -0.25) is 4.79 Å². The van der Waals surface area contributed by atoms with Gasteiger partial charge in [0.15, 0.2) is 0 Å². The zero-order chi connectivity index (χ0) is 21.5. The van der Waals surface area contributed by atoms with Gasteiger partial charge in [0, 0.05) is 31.6 Å². The number of rotatable bonds is 3. The minimum absolute atomic E-state index is 0.0368. The first-order valence-electron chi connectivity index (χ1n) is 9.05. The van der Waals surface area contributed by atoms with Crippen LogP contribution in [0.4, 0.5) is 0 Å². The van der Waals surface area contributed by atoms with Crippen LogP contribution in [-0.4, -0.2) is 49.7 Å². The number of nitrogens with zero attached hydrogens (tertiary/aromatic N) is 2. The Bertz CT molecular complexity index is 1280. The Morgan fingerprint density at radius 3 is 2.23 bits per heavy atom. The van der Waals surface area contributed by atoms with E-state index in [0.29, 0.717) is 11.0 Å². The highest BCUT2D eigenvalue weighted by molar-refractivity contribution is 7.89. The van der Waals surface area contributed by atoms with E-state index in [1.165, 1.54) is 27.4 Å². The molecule has 2 aromatic carbocycles. The number of para-hydroxylation sites is 1. The van der Waals surface area contributed by atoms with Crippen molar-refractivity contribution >= 4 is 50.1 Å². The predicted molar refractivity (Wildman–Crippen MR) is 114 cm³/mol. The third-order valence-corrected chi connectivity index (χ3v) is 7.77. The predicted octanol–water partition coefficient (Wildman–Crippen LogP) is 3.25. The van der Waals surface area contributed by atoms with Gasteiger partial charge < -0.3 is 9.32 Å². The first-order valence-corrected chi connectivity index (χ1v) is 11.2. The van der Waals surface area contributed by atoms with Crippen molar-refractivity contribution in [2.75, 3.05) is 26.2 Å². The lowest BCUT2D eigenvalue weighted by molar-refractivity contribution is 0.0694. The molecule has 0 aliphatic carbocycles. The van der Waals surface area contributed by atoms with Crippen molar-refractivity contribution in [3.63, 3.8) is 0 Å². The van der Waals surface area contributed by atoms with Crippen molar-refractivity contribution in [3.05, 3.63) is 74.6 Å². The SMILES string of the molecule is O=C(c1cc2ccccc2oc1=O)N1CCN(S(=O)(=O)c2c(Cl)cccc2Cl)CC1. The van der Waals surface area contributed by atoms with Gasteiger partial charge in [0.25, 0.3) is 5.91 Å². The second-order valence-corrected chi connectivity index (χ2v) is 9.42. The fourth-order valence-corrected chi connectivity index (χ4v) is 5.88. The van der Waals surface area contributed by atoms with E-state index in [1.54, 1.807) is 30.3 Å². The van der Waals surface area contributed by atoms with Crippen LogP contribution >= 0.6 is 23.2 Å². The molecule has 1 amide bonds. The average Bonchev–Trinajstić information content (AvgIpc) is 2.72. The Labute approximate surface area is 182 Å². The molecule has 0 N–H and O–H groups in total. The first kappa shape index (κ1) is 20.9. The molecule has 0 unspecified atom stereocenters. The smallest absolute Gasteiger partial charge is 0.349 e. The van der Waals surface area contributed by atoms with Gasteiger partial charge in [-0.25, -0.2) is 13.2 Å². The standard InChI is InChI=1S/C20H16Cl2N2O5S/c21-15-5-3-6-16(22)18(15)30(27,28)24-10-8-23(9-11-24)19(25)14-12-13-4-1-2-7-17(13)29-20(14)26/h1-7,12H,8-11H2. The number of amides is 1. The van der Waals surface area contributed by atoms with Crippen LogP contribution in [0.5, 0.6) is 0 Å². The molecule has 2 heterocycles. The number of carbonyl (C=O) groups excluding carboxylic acids is 1. The van der Waals surface area contributed by atoms with Gasteiger partial charge >= 0.3 is 5.63 Å². The van der Waals surface area contributed by atoms with Crippen molar-refractivity contribution in [1.82, 2.24) is 9.21 Å². The number of piperazine rings is 1. The second-order valence-electron chi connectivity index (χ2n) is 6.73. The van der Waals surface area contributed by atoms with Gasteiger partial charge in [0.2, 0.25) is 10.0 Å². The quantitative estimate of drug-likeness (QED) is 0.552. The van der Waals surface area contributed by atoms with Crippen molar-refractivity contribution in [2.45, 2.75) is 4.90 Å². The van der Waals surface area contributed by atoms with Crippen LogP contribution in [0.25, 0.3) is 11.0 Å². The highest BCUT2D eigenvalue weighted by Gasteiger charge is 2.33. The number of hydrogen-bond donors (Lipinski definition) is 0. The maximum Gasteiger partial charge on any atom is 0.349 e. The van der Waals surface area contributed by atoms with Gasteiger partial charge in [-0.1, -0.05) is 47.5 Å². The summed E-state index contributed by atoms with van der Waals surface area (Å²) in [6, 6.07) is 12.9. The first-order chi connectivity index (χ1) is 14.3. The number of sulfonamides is 1. The van der Waals surface area contributed by atoms with Crippen LogP contribution in [0.15, 0.2) is 62.6 Å². The Morgan fingerprint density at radius 2 is 1.57 bits per heavy atom. The minimum atomic E-state index is -3.92. The molecule has 1 aromatic heterocycles. The summed E-state index contributed by atoms with van der Waals surface area (Å²) < 4.78 is 32.4. The lowest BCUT2D eigenvalue weighted by Crippen LogP contribution is -2.51.